The summed E-state index contributed by atoms with van der Waals surface area (Å²) in [5.74, 6) is 0. The molecule has 4 aromatic heterocycles. The van der Waals surface area contributed by atoms with Crippen molar-refractivity contribution in [3.63, 3.8) is 0 Å². The predicted molar refractivity (Wildman–Crippen MR) is 241 cm³/mol. The van der Waals surface area contributed by atoms with E-state index in [1.165, 1.54) is 0 Å². The van der Waals surface area contributed by atoms with Crippen LogP contribution < -0.4 is 4.90 Å². The van der Waals surface area contributed by atoms with Crippen LogP contribution in [0.1, 0.15) is 0 Å². The van der Waals surface area contributed by atoms with Crippen molar-refractivity contribution in [1.82, 2.24) is 0 Å². The number of anilines is 3. The molecule has 0 radical (unpaired) electrons. The zero-order chi connectivity index (χ0) is 38.6. The van der Waals surface area contributed by atoms with Crippen molar-refractivity contribution >= 4 is 105 Å². The van der Waals surface area contributed by atoms with E-state index in [-0.39, 0.29) is 0 Å². The van der Waals surface area contributed by atoms with Crippen LogP contribution in [0.15, 0.2) is 206 Å². The smallest absolute Gasteiger partial charge is 0.147 e. The molecule has 0 aliphatic carbocycles. The van der Waals surface area contributed by atoms with Crippen molar-refractivity contribution in [3.8, 4) is 22.3 Å². The molecule has 4 heterocycles. The van der Waals surface area contributed by atoms with Gasteiger partial charge in [-0.2, -0.15) is 0 Å². The van der Waals surface area contributed by atoms with E-state index in [2.05, 4.69) is 144 Å². The van der Waals surface area contributed by atoms with Gasteiger partial charge in [-0.1, -0.05) is 109 Å². The fraction of sp³-hybridized carbons (Fsp3) is 0. The monoisotopic (exact) mass is 757 g/mol. The van der Waals surface area contributed by atoms with Crippen molar-refractivity contribution in [2.24, 2.45) is 0 Å². The van der Waals surface area contributed by atoms with Crippen LogP contribution in [0, 0.1) is 0 Å². The van der Waals surface area contributed by atoms with E-state index in [0.29, 0.717) is 0 Å². The van der Waals surface area contributed by atoms with Gasteiger partial charge >= 0.3 is 0 Å². The number of fused-ring (bicyclic) bond motifs is 13. The summed E-state index contributed by atoms with van der Waals surface area (Å²) in [6, 6.07) is 65.5. The largest absolute Gasteiger partial charge is 0.456 e. The number of hydrogen-bond donors (Lipinski definition) is 0. The minimum absolute atomic E-state index is 0.824. The lowest BCUT2D eigenvalue weighted by atomic mass is 10.0. The fourth-order valence-electron chi connectivity index (χ4n) is 9.16. The lowest BCUT2D eigenvalue weighted by Crippen LogP contribution is -2.10. The second-order valence-electron chi connectivity index (χ2n) is 15.2. The predicted octanol–water partition coefficient (Wildman–Crippen LogP) is 16.1. The molecule has 0 unspecified atom stereocenters. The average molecular weight is 758 g/mol. The van der Waals surface area contributed by atoms with Crippen LogP contribution in [0.25, 0.3) is 110 Å². The molecule has 0 aliphatic heterocycles. The zero-order valence-electron chi connectivity index (χ0n) is 31.5. The maximum atomic E-state index is 6.81. The Balaban J connectivity index is 0.943. The normalized spacial score (nSPS) is 12.1. The van der Waals surface area contributed by atoms with E-state index in [1.54, 1.807) is 0 Å². The first-order valence-corrected chi connectivity index (χ1v) is 19.8. The van der Waals surface area contributed by atoms with Crippen LogP contribution in [0.5, 0.6) is 0 Å². The molecule has 0 amide bonds. The molecule has 13 aromatic rings. The van der Waals surface area contributed by atoms with Crippen molar-refractivity contribution < 1.29 is 17.7 Å². The molecule has 13 rings (SSSR count). The molecule has 0 spiro atoms. The maximum absolute atomic E-state index is 6.81. The molecule has 9 aromatic carbocycles. The minimum atomic E-state index is 0.824. The number of para-hydroxylation sites is 4. The molecule has 0 bridgehead atoms. The van der Waals surface area contributed by atoms with Gasteiger partial charge < -0.3 is 22.6 Å². The van der Waals surface area contributed by atoms with Crippen LogP contribution in [-0.2, 0) is 0 Å². The quantitative estimate of drug-likeness (QED) is 0.175. The molecule has 0 fully saturated rings. The molecule has 0 saturated carbocycles. The van der Waals surface area contributed by atoms with Gasteiger partial charge in [-0.3, -0.25) is 0 Å². The second kappa shape index (κ2) is 12.2. The van der Waals surface area contributed by atoms with E-state index >= 15 is 0 Å². The summed E-state index contributed by atoms with van der Waals surface area (Å²) in [6.45, 7) is 0. The summed E-state index contributed by atoms with van der Waals surface area (Å²) in [6.07, 6.45) is 0. The topological polar surface area (TPSA) is 55.8 Å². The Labute approximate surface area is 336 Å². The first kappa shape index (κ1) is 32.1. The average Bonchev–Trinajstić information content (AvgIpc) is 4.06. The van der Waals surface area contributed by atoms with Crippen LogP contribution in [0.3, 0.4) is 0 Å². The van der Waals surface area contributed by atoms with Crippen LogP contribution in [-0.4, -0.2) is 0 Å². The Bertz CT molecular complexity index is 3790. The van der Waals surface area contributed by atoms with E-state index in [0.717, 1.165) is 127 Å². The number of benzene rings is 9. The lowest BCUT2D eigenvalue weighted by molar-refractivity contribution is 0.663. The van der Waals surface area contributed by atoms with Gasteiger partial charge in [0, 0.05) is 49.3 Å². The van der Waals surface area contributed by atoms with E-state index in [4.69, 9.17) is 17.7 Å². The molecule has 5 heteroatoms. The van der Waals surface area contributed by atoms with Crippen LogP contribution in [0.2, 0.25) is 0 Å². The molecule has 276 valence electrons. The van der Waals surface area contributed by atoms with Gasteiger partial charge in [0.25, 0.3) is 0 Å². The first-order chi connectivity index (χ1) is 29.2. The van der Waals surface area contributed by atoms with E-state index in [1.807, 2.05) is 48.5 Å². The second-order valence-corrected chi connectivity index (χ2v) is 15.2. The maximum Gasteiger partial charge on any atom is 0.147 e. The molecule has 59 heavy (non-hydrogen) atoms. The Morgan fingerprint density at radius 1 is 0.288 bits per heavy atom. The molecular formula is C54H31NO4. The van der Waals surface area contributed by atoms with Crippen molar-refractivity contribution in [3.05, 3.63) is 188 Å². The highest BCUT2D eigenvalue weighted by molar-refractivity contribution is 6.23. The highest BCUT2D eigenvalue weighted by atomic mass is 16.3. The van der Waals surface area contributed by atoms with Gasteiger partial charge in [0.15, 0.2) is 0 Å². The Morgan fingerprint density at radius 2 is 0.797 bits per heavy atom. The Morgan fingerprint density at radius 3 is 1.54 bits per heavy atom. The Hall–Kier alpha value is -8.02. The standard InChI is InChI=1S/C54H31NO4/c1-4-15-45-38(9-1)39-28-23-34(31-50(39)58-45)32-19-24-35(25-20-32)55(44-14-8-18-48-51(44)42-10-2-5-16-46(42)56-48)36-26-21-33(22-27-36)37-12-7-13-40-41-29-30-49-52(54(41)59-53(37)40)43-11-3-6-17-47(43)57-49/h1-31H. The number of hydrogen-bond acceptors (Lipinski definition) is 5. The summed E-state index contributed by atoms with van der Waals surface area (Å²) in [7, 11) is 0. The molecule has 0 atom stereocenters. The van der Waals surface area contributed by atoms with Gasteiger partial charge in [-0.05, 0) is 95.6 Å². The summed E-state index contributed by atoms with van der Waals surface area (Å²) in [4.78, 5) is 2.32. The zero-order valence-corrected chi connectivity index (χ0v) is 31.5. The summed E-state index contributed by atoms with van der Waals surface area (Å²) in [5.41, 5.74) is 14.3. The van der Waals surface area contributed by atoms with Crippen LogP contribution >= 0.6 is 0 Å². The number of furan rings is 4. The Kier molecular flexibility index (Phi) is 6.66. The van der Waals surface area contributed by atoms with Crippen molar-refractivity contribution in [1.29, 1.82) is 0 Å². The highest BCUT2D eigenvalue weighted by Gasteiger charge is 2.21. The molecule has 5 nitrogen and oxygen atoms in total. The minimum Gasteiger partial charge on any atom is -0.456 e. The third kappa shape index (κ3) is 4.79. The number of nitrogens with zero attached hydrogens (tertiary/aromatic N) is 1. The number of rotatable bonds is 5. The molecule has 0 N–H and O–H groups in total. The molecule has 0 aliphatic rings. The third-order valence-corrected chi connectivity index (χ3v) is 11.9. The fourth-order valence-corrected chi connectivity index (χ4v) is 9.16. The summed E-state index contributed by atoms with van der Waals surface area (Å²) < 4.78 is 25.6. The molecule has 0 saturated heterocycles. The van der Waals surface area contributed by atoms with Crippen molar-refractivity contribution in [2.75, 3.05) is 4.90 Å². The summed E-state index contributed by atoms with van der Waals surface area (Å²) >= 11 is 0. The van der Waals surface area contributed by atoms with Crippen LogP contribution in [0.4, 0.5) is 17.1 Å². The SMILES string of the molecule is c1ccc2c(c1)oc1cc(-c3ccc(N(c4ccc(-c5cccc6c5oc5c6ccc6oc7ccccc7c65)cc4)c4cccc5oc6ccccc6c45)cc3)ccc12. The highest BCUT2D eigenvalue weighted by Crippen LogP contribution is 2.45. The van der Waals surface area contributed by atoms with Gasteiger partial charge in [0.05, 0.1) is 16.5 Å². The first-order valence-electron chi connectivity index (χ1n) is 19.8. The van der Waals surface area contributed by atoms with Crippen molar-refractivity contribution in [2.45, 2.75) is 0 Å². The van der Waals surface area contributed by atoms with Gasteiger partial charge in [-0.25, -0.2) is 0 Å². The van der Waals surface area contributed by atoms with E-state index < -0.39 is 0 Å². The van der Waals surface area contributed by atoms with Gasteiger partial charge in [0.2, 0.25) is 0 Å². The third-order valence-electron chi connectivity index (χ3n) is 11.9. The molecular weight excluding hydrogens is 727 g/mol. The van der Waals surface area contributed by atoms with Gasteiger partial charge in [0.1, 0.15) is 44.7 Å². The van der Waals surface area contributed by atoms with E-state index in [9.17, 15) is 0 Å². The summed E-state index contributed by atoms with van der Waals surface area (Å²) in [5, 5.41) is 8.61. The lowest BCUT2D eigenvalue weighted by Gasteiger charge is -2.26. The van der Waals surface area contributed by atoms with Gasteiger partial charge in [-0.15, -0.1) is 0 Å².